The summed E-state index contributed by atoms with van der Waals surface area (Å²) in [5, 5.41) is 4.56. The first-order valence-electron chi connectivity index (χ1n) is 6.87. The van der Waals surface area contributed by atoms with Crippen molar-refractivity contribution in [3.63, 3.8) is 0 Å². The fourth-order valence-electron chi connectivity index (χ4n) is 1.99. The average Bonchev–Trinajstić information content (AvgIpc) is 3.07. The van der Waals surface area contributed by atoms with Crippen LogP contribution in [0.3, 0.4) is 0 Å². The van der Waals surface area contributed by atoms with Crippen LogP contribution in [0.15, 0.2) is 30.7 Å². The van der Waals surface area contributed by atoms with Gasteiger partial charge in [-0.05, 0) is 25.5 Å². The number of hydrogen-bond acceptors (Lipinski definition) is 2. The number of rotatable bonds is 6. The number of ketones is 1. The second-order valence-electron chi connectivity index (χ2n) is 4.89. The molecule has 0 bridgehead atoms. The van der Waals surface area contributed by atoms with Crippen LogP contribution in [0.5, 0.6) is 0 Å². The summed E-state index contributed by atoms with van der Waals surface area (Å²) < 4.78 is 4.00. The van der Waals surface area contributed by atoms with E-state index >= 15 is 0 Å². The summed E-state index contributed by atoms with van der Waals surface area (Å²) in [7, 11) is 0. The van der Waals surface area contributed by atoms with Gasteiger partial charge in [0.1, 0.15) is 0 Å². The van der Waals surface area contributed by atoms with Crippen LogP contribution in [-0.4, -0.2) is 20.1 Å². The highest BCUT2D eigenvalue weighted by atomic mass is 16.1. The Morgan fingerprint density at radius 1 is 1.32 bits per heavy atom. The van der Waals surface area contributed by atoms with E-state index in [4.69, 9.17) is 0 Å². The third-order valence-electron chi connectivity index (χ3n) is 3.44. The largest absolute Gasteiger partial charge is 0.348 e. The summed E-state index contributed by atoms with van der Waals surface area (Å²) >= 11 is 0. The number of aromatic nitrogens is 3. The van der Waals surface area contributed by atoms with E-state index < -0.39 is 0 Å². The predicted octanol–water partition coefficient (Wildman–Crippen LogP) is 3.30. The zero-order chi connectivity index (χ0) is 13.8. The molecule has 0 aliphatic carbocycles. The monoisotopic (exact) mass is 259 g/mol. The molecule has 0 spiro atoms. The van der Waals surface area contributed by atoms with E-state index in [-0.39, 0.29) is 5.78 Å². The van der Waals surface area contributed by atoms with E-state index in [1.165, 1.54) is 0 Å². The van der Waals surface area contributed by atoms with Gasteiger partial charge in [0, 0.05) is 36.6 Å². The van der Waals surface area contributed by atoms with Gasteiger partial charge in [0.25, 0.3) is 0 Å². The van der Waals surface area contributed by atoms with E-state index in [1.807, 2.05) is 46.9 Å². The maximum atomic E-state index is 11.6. The molecule has 2 heterocycles. The molecule has 0 N–H and O–H groups in total. The lowest BCUT2D eigenvalue weighted by atomic mass is 10.2. The Morgan fingerprint density at radius 3 is 2.79 bits per heavy atom. The van der Waals surface area contributed by atoms with Gasteiger partial charge in [0.2, 0.25) is 0 Å². The molecular weight excluding hydrogens is 238 g/mol. The molecule has 2 rings (SSSR count). The highest BCUT2D eigenvalue weighted by Gasteiger charge is 2.07. The van der Waals surface area contributed by atoms with Crippen LogP contribution in [0.2, 0.25) is 0 Å². The number of carbonyl (C=O) groups is 1. The molecule has 0 fully saturated rings. The Balaban J connectivity index is 2.07. The fourth-order valence-corrected chi connectivity index (χ4v) is 1.99. The molecule has 0 aromatic carbocycles. The number of Topliss-reactive ketones (excluding diaryl/α,β-unsaturated/α-hetero) is 1. The van der Waals surface area contributed by atoms with Gasteiger partial charge in [-0.1, -0.05) is 13.8 Å². The van der Waals surface area contributed by atoms with Crippen LogP contribution in [0.4, 0.5) is 0 Å². The molecule has 0 aliphatic rings. The minimum Gasteiger partial charge on any atom is -0.348 e. The zero-order valence-corrected chi connectivity index (χ0v) is 11.8. The molecule has 2 aromatic heterocycles. The van der Waals surface area contributed by atoms with Crippen molar-refractivity contribution < 1.29 is 4.79 Å². The van der Waals surface area contributed by atoms with Crippen LogP contribution < -0.4 is 0 Å². The quantitative estimate of drug-likeness (QED) is 0.747. The van der Waals surface area contributed by atoms with E-state index in [2.05, 4.69) is 18.9 Å². The first-order valence-corrected chi connectivity index (χ1v) is 6.87. The summed E-state index contributed by atoms with van der Waals surface area (Å²) in [6, 6.07) is 4.33. The lowest BCUT2D eigenvalue weighted by molar-refractivity contribution is 0.0988. The second kappa shape index (κ2) is 5.87. The standard InChI is InChI=1S/C15H21N3O/c1-4-12(3)18-9-7-14(16-18)11-17-8-6-13(10-17)15(19)5-2/h6-10,12H,4-5,11H2,1-3H3. The molecule has 2 aromatic rings. The Labute approximate surface area is 114 Å². The Morgan fingerprint density at radius 2 is 2.11 bits per heavy atom. The van der Waals surface area contributed by atoms with Crippen molar-refractivity contribution >= 4 is 5.78 Å². The van der Waals surface area contributed by atoms with Gasteiger partial charge in [-0.15, -0.1) is 0 Å². The molecule has 0 aliphatic heterocycles. The van der Waals surface area contributed by atoms with Crippen molar-refractivity contribution in [1.29, 1.82) is 0 Å². The van der Waals surface area contributed by atoms with E-state index in [9.17, 15) is 4.79 Å². The number of hydrogen-bond donors (Lipinski definition) is 0. The van der Waals surface area contributed by atoms with Gasteiger partial charge in [0.05, 0.1) is 12.2 Å². The SMILES string of the molecule is CCC(=O)c1ccn(Cc2ccn(C(C)CC)n2)c1. The maximum absolute atomic E-state index is 11.6. The number of carbonyl (C=O) groups excluding carboxylic acids is 1. The van der Waals surface area contributed by atoms with Gasteiger partial charge in [-0.3, -0.25) is 9.48 Å². The van der Waals surface area contributed by atoms with Crippen LogP contribution in [0, 0.1) is 0 Å². The van der Waals surface area contributed by atoms with Crippen molar-refractivity contribution in [2.24, 2.45) is 0 Å². The summed E-state index contributed by atoms with van der Waals surface area (Å²) in [5.74, 6) is 0.184. The van der Waals surface area contributed by atoms with Crippen LogP contribution in [0.1, 0.15) is 55.7 Å². The van der Waals surface area contributed by atoms with Crippen molar-refractivity contribution in [2.75, 3.05) is 0 Å². The minimum atomic E-state index is 0.184. The number of nitrogens with zero attached hydrogens (tertiary/aromatic N) is 3. The zero-order valence-electron chi connectivity index (χ0n) is 11.8. The normalized spacial score (nSPS) is 12.6. The molecule has 0 amide bonds. The smallest absolute Gasteiger partial charge is 0.164 e. The van der Waals surface area contributed by atoms with E-state index in [0.717, 1.165) is 17.7 Å². The van der Waals surface area contributed by atoms with Gasteiger partial charge in [-0.25, -0.2) is 0 Å². The molecule has 0 saturated heterocycles. The molecule has 0 saturated carbocycles. The molecule has 4 heteroatoms. The molecule has 0 radical (unpaired) electrons. The van der Waals surface area contributed by atoms with Crippen LogP contribution in [0.25, 0.3) is 0 Å². The topological polar surface area (TPSA) is 39.8 Å². The van der Waals surface area contributed by atoms with Crippen molar-refractivity contribution in [2.45, 2.75) is 46.2 Å². The third-order valence-corrected chi connectivity index (χ3v) is 3.44. The molecule has 4 nitrogen and oxygen atoms in total. The molecule has 102 valence electrons. The second-order valence-corrected chi connectivity index (χ2v) is 4.89. The lowest BCUT2D eigenvalue weighted by Gasteiger charge is -2.08. The summed E-state index contributed by atoms with van der Waals surface area (Å²) in [6.45, 7) is 6.90. The maximum Gasteiger partial charge on any atom is 0.164 e. The van der Waals surface area contributed by atoms with Crippen molar-refractivity contribution in [3.8, 4) is 0 Å². The average molecular weight is 259 g/mol. The Bertz CT molecular complexity index is 553. The predicted molar refractivity (Wildman–Crippen MR) is 75.4 cm³/mol. The van der Waals surface area contributed by atoms with Crippen molar-refractivity contribution in [1.82, 2.24) is 14.3 Å². The fraction of sp³-hybridized carbons (Fsp3) is 0.467. The highest BCUT2D eigenvalue weighted by Crippen LogP contribution is 2.11. The molecule has 1 unspecified atom stereocenters. The van der Waals surface area contributed by atoms with Crippen LogP contribution >= 0.6 is 0 Å². The summed E-state index contributed by atoms with van der Waals surface area (Å²) in [5.41, 5.74) is 1.80. The van der Waals surface area contributed by atoms with Gasteiger partial charge in [-0.2, -0.15) is 5.10 Å². The highest BCUT2D eigenvalue weighted by molar-refractivity contribution is 5.95. The van der Waals surface area contributed by atoms with E-state index in [1.54, 1.807) is 0 Å². The minimum absolute atomic E-state index is 0.184. The van der Waals surface area contributed by atoms with E-state index in [0.29, 0.717) is 19.0 Å². The van der Waals surface area contributed by atoms with Gasteiger partial charge >= 0.3 is 0 Å². The Kier molecular flexibility index (Phi) is 4.20. The van der Waals surface area contributed by atoms with Gasteiger partial charge < -0.3 is 4.57 Å². The molecule has 19 heavy (non-hydrogen) atoms. The lowest BCUT2D eigenvalue weighted by Crippen LogP contribution is -2.06. The Hall–Kier alpha value is -1.84. The molecule has 1 atom stereocenters. The van der Waals surface area contributed by atoms with Gasteiger partial charge in [0.15, 0.2) is 5.78 Å². The summed E-state index contributed by atoms with van der Waals surface area (Å²) in [6.07, 6.45) is 7.47. The first kappa shape index (κ1) is 13.6. The molecular formula is C15H21N3O. The van der Waals surface area contributed by atoms with Crippen molar-refractivity contribution in [3.05, 3.63) is 42.0 Å². The first-order chi connectivity index (χ1) is 9.13. The third kappa shape index (κ3) is 3.13. The van der Waals surface area contributed by atoms with Crippen LogP contribution in [-0.2, 0) is 6.54 Å². The summed E-state index contributed by atoms with van der Waals surface area (Å²) in [4.78, 5) is 11.6.